The number of hydrogen-bond donors (Lipinski definition) is 2. The van der Waals surface area contributed by atoms with Gasteiger partial charge in [-0.3, -0.25) is 0 Å². The van der Waals surface area contributed by atoms with Crippen LogP contribution in [0.1, 0.15) is 0 Å². The van der Waals surface area contributed by atoms with Gasteiger partial charge in [0.1, 0.15) is 0 Å². The number of fused-ring (bicyclic) bond motifs is 8. The van der Waals surface area contributed by atoms with Gasteiger partial charge in [0.05, 0.1) is 10.7 Å². The van der Waals surface area contributed by atoms with E-state index in [0.29, 0.717) is 0 Å². The predicted molar refractivity (Wildman–Crippen MR) is 136 cm³/mol. The van der Waals surface area contributed by atoms with Crippen LogP contribution in [0.2, 0.25) is 0 Å². The molecule has 1 aliphatic carbocycles. The molecule has 2 N–H and O–H groups in total. The van der Waals surface area contributed by atoms with Crippen LogP contribution < -0.4 is 0 Å². The van der Waals surface area contributed by atoms with E-state index in [0.717, 1.165) is 30.7 Å². The van der Waals surface area contributed by atoms with Crippen molar-refractivity contribution in [3.63, 3.8) is 0 Å². The van der Waals surface area contributed by atoms with E-state index in [1.165, 1.54) is 42.1 Å². The molecule has 0 unspecified atom stereocenters. The molecule has 2 heterocycles. The number of benzene rings is 4. The first-order valence-corrected chi connectivity index (χ1v) is 12.1. The number of aromatic nitrogens is 2. The van der Waals surface area contributed by atoms with Gasteiger partial charge in [0.15, 0.2) is 0 Å². The van der Waals surface area contributed by atoms with E-state index in [9.17, 15) is 0 Å². The van der Waals surface area contributed by atoms with Crippen molar-refractivity contribution in [2.75, 3.05) is 0 Å². The Morgan fingerprint density at radius 2 is 0.875 bits per heavy atom. The summed E-state index contributed by atoms with van der Waals surface area (Å²) >= 11 is 7.28. The number of hydrogen-bond acceptors (Lipinski definition) is 0. The first-order valence-electron chi connectivity index (χ1n) is 10.5. The lowest BCUT2D eigenvalue weighted by atomic mass is 10.1. The fraction of sp³-hybridized carbons (Fsp3) is 0. The van der Waals surface area contributed by atoms with E-state index in [2.05, 4.69) is 127 Å². The Bertz CT molecular complexity index is 1970. The summed E-state index contributed by atoms with van der Waals surface area (Å²) in [6, 6.07) is 30.5. The molecule has 152 valence electrons. The topological polar surface area (TPSA) is 31.6 Å². The SMILES string of the molecule is Brc1ccc2c3c([nH]c2c1)=c1ccccc1=c1[nH]c2cc(Br)ccc2c1=c1ccccc1=3. The summed E-state index contributed by atoms with van der Waals surface area (Å²) in [7, 11) is 0. The molecule has 0 amide bonds. The molecule has 0 radical (unpaired) electrons. The Balaban J connectivity index is 2.05. The summed E-state index contributed by atoms with van der Waals surface area (Å²) in [5, 5.41) is 12.2. The van der Waals surface area contributed by atoms with Crippen molar-refractivity contribution >= 4 is 53.7 Å². The van der Waals surface area contributed by atoms with Crippen molar-refractivity contribution in [1.29, 1.82) is 0 Å². The van der Waals surface area contributed by atoms with Crippen LogP contribution in [0.15, 0.2) is 93.9 Å². The zero-order chi connectivity index (χ0) is 21.4. The van der Waals surface area contributed by atoms with Gasteiger partial charge in [0, 0.05) is 51.6 Å². The monoisotopic (exact) mass is 538 g/mol. The molecule has 4 heteroatoms. The van der Waals surface area contributed by atoms with Crippen LogP contribution in [-0.2, 0) is 0 Å². The normalized spacial score (nSPS) is 12.1. The van der Waals surface area contributed by atoms with Crippen molar-refractivity contribution in [3.8, 4) is 0 Å². The second kappa shape index (κ2) is 6.71. The first-order chi connectivity index (χ1) is 15.7. The summed E-state index contributed by atoms with van der Waals surface area (Å²) in [6.07, 6.45) is 0. The van der Waals surface area contributed by atoms with Crippen LogP contribution in [0.3, 0.4) is 0 Å². The zero-order valence-electron chi connectivity index (χ0n) is 16.8. The van der Waals surface area contributed by atoms with Crippen molar-refractivity contribution in [3.05, 3.63) is 136 Å². The molecule has 7 rings (SSSR count). The highest BCUT2D eigenvalue weighted by Crippen LogP contribution is 2.26. The molecule has 0 fully saturated rings. The maximum Gasteiger partial charge on any atom is 0.0551 e. The lowest BCUT2D eigenvalue weighted by molar-refractivity contribution is 1.22. The van der Waals surface area contributed by atoms with Crippen molar-refractivity contribution in [2.24, 2.45) is 0 Å². The summed E-state index contributed by atoms with van der Waals surface area (Å²) < 4.78 is 2.14. The molecule has 4 aromatic carbocycles. The fourth-order valence-electron chi connectivity index (χ4n) is 5.14. The van der Waals surface area contributed by atoms with Gasteiger partial charge in [-0.05, 0) is 34.7 Å². The first kappa shape index (κ1) is 18.5. The highest BCUT2D eigenvalue weighted by atomic mass is 79.9. The Morgan fingerprint density at radius 3 is 1.31 bits per heavy atom. The molecule has 0 atom stereocenters. The molecule has 2 nitrogen and oxygen atoms in total. The van der Waals surface area contributed by atoms with E-state index in [1.54, 1.807) is 0 Å². The lowest BCUT2D eigenvalue weighted by Crippen LogP contribution is -1.87. The van der Waals surface area contributed by atoms with Crippen molar-refractivity contribution in [1.82, 2.24) is 9.97 Å². The minimum Gasteiger partial charge on any atom is -0.354 e. The van der Waals surface area contributed by atoms with Crippen LogP contribution in [0.25, 0.3) is 21.8 Å². The van der Waals surface area contributed by atoms with Gasteiger partial charge in [0.25, 0.3) is 0 Å². The quantitative estimate of drug-likeness (QED) is 0.198. The van der Waals surface area contributed by atoms with Crippen LogP contribution in [0, 0.1) is 42.0 Å². The largest absolute Gasteiger partial charge is 0.354 e. The molecule has 6 aromatic rings. The third-order valence-corrected chi connectivity index (χ3v) is 7.44. The molecule has 0 saturated carbocycles. The molecule has 0 aliphatic heterocycles. The highest BCUT2D eigenvalue weighted by Gasteiger charge is 2.09. The number of rotatable bonds is 0. The lowest BCUT2D eigenvalue weighted by Gasteiger charge is -1.98. The third-order valence-electron chi connectivity index (χ3n) is 6.45. The van der Waals surface area contributed by atoms with E-state index >= 15 is 0 Å². The average molecular weight is 540 g/mol. The highest BCUT2D eigenvalue weighted by molar-refractivity contribution is 9.10. The van der Waals surface area contributed by atoms with Crippen molar-refractivity contribution < 1.29 is 0 Å². The average Bonchev–Trinajstić information content (AvgIpc) is 3.35. The number of aromatic amines is 2. The van der Waals surface area contributed by atoms with Crippen LogP contribution in [0.4, 0.5) is 0 Å². The smallest absolute Gasteiger partial charge is 0.0551 e. The Kier molecular flexibility index (Phi) is 3.88. The molecule has 0 saturated heterocycles. The molecule has 0 bridgehead atoms. The molecule has 1 aliphatic rings. The van der Waals surface area contributed by atoms with Crippen molar-refractivity contribution in [2.45, 2.75) is 0 Å². The number of H-pyrrole nitrogens is 2. The van der Waals surface area contributed by atoms with Gasteiger partial charge >= 0.3 is 0 Å². The Hall–Kier alpha value is -3.08. The van der Waals surface area contributed by atoms with E-state index in [1.807, 2.05) is 0 Å². The van der Waals surface area contributed by atoms with Gasteiger partial charge in [-0.1, -0.05) is 92.5 Å². The molecule has 32 heavy (non-hydrogen) atoms. The molecular weight excluding hydrogens is 524 g/mol. The molecule has 2 aromatic heterocycles. The number of nitrogens with one attached hydrogen (secondary N) is 2. The van der Waals surface area contributed by atoms with Crippen LogP contribution >= 0.6 is 31.9 Å². The standard InChI is InChI=1S/C28H16Br2N2/c29-15-9-11-21-23(13-15)31-27-19-7-3-4-8-20(19)28-26(18-6-2-1-5-17(18)25(21)27)22-12-10-16(30)14-24(22)32-28/h1-14,31-32H. The second-order valence-electron chi connectivity index (χ2n) is 8.22. The van der Waals surface area contributed by atoms with Gasteiger partial charge in [-0.2, -0.15) is 0 Å². The molecular formula is C28H16Br2N2. The van der Waals surface area contributed by atoms with Gasteiger partial charge in [-0.15, -0.1) is 0 Å². The Labute approximate surface area is 198 Å². The van der Waals surface area contributed by atoms with Gasteiger partial charge < -0.3 is 9.97 Å². The fourth-order valence-corrected chi connectivity index (χ4v) is 5.86. The summed E-state index contributed by atoms with van der Waals surface area (Å²) in [6.45, 7) is 0. The predicted octanol–water partition coefficient (Wildman–Crippen LogP) is 7.64. The summed E-state index contributed by atoms with van der Waals surface area (Å²) in [5.41, 5.74) is 2.27. The number of halogens is 2. The van der Waals surface area contributed by atoms with Gasteiger partial charge in [-0.25, -0.2) is 0 Å². The summed E-state index contributed by atoms with van der Waals surface area (Å²) in [5.74, 6) is 0. The van der Waals surface area contributed by atoms with E-state index in [4.69, 9.17) is 0 Å². The minimum absolute atomic E-state index is 1.07. The van der Waals surface area contributed by atoms with Crippen LogP contribution in [0.5, 0.6) is 0 Å². The van der Waals surface area contributed by atoms with Crippen LogP contribution in [-0.4, -0.2) is 9.97 Å². The minimum atomic E-state index is 1.07. The maximum atomic E-state index is 3.74. The Morgan fingerprint density at radius 1 is 0.469 bits per heavy atom. The van der Waals surface area contributed by atoms with Gasteiger partial charge in [0.2, 0.25) is 0 Å². The second-order valence-corrected chi connectivity index (χ2v) is 10.1. The van der Waals surface area contributed by atoms with E-state index < -0.39 is 0 Å². The zero-order valence-corrected chi connectivity index (χ0v) is 20.0. The van der Waals surface area contributed by atoms with E-state index in [-0.39, 0.29) is 0 Å². The third kappa shape index (κ3) is 2.51. The molecule has 0 spiro atoms. The maximum absolute atomic E-state index is 3.74. The summed E-state index contributed by atoms with van der Waals surface area (Å²) in [4.78, 5) is 7.49.